The highest BCUT2D eigenvalue weighted by Gasteiger charge is 2.18. The fraction of sp³-hybridized carbons (Fsp3) is 0. The van der Waals surface area contributed by atoms with E-state index in [0.717, 1.165) is 8.88 Å². The number of hydrogen-bond acceptors (Lipinski definition) is 6. The van der Waals surface area contributed by atoms with Gasteiger partial charge in [-0.3, -0.25) is 0 Å². The molecule has 0 heterocycles. The van der Waals surface area contributed by atoms with E-state index in [1.165, 1.54) is 27.1 Å². The zero-order valence-electron chi connectivity index (χ0n) is 17.6. The molecule has 3 aromatic carbocycles. The predicted molar refractivity (Wildman–Crippen MR) is 160 cm³/mol. The summed E-state index contributed by atoms with van der Waals surface area (Å²) in [6.07, 6.45) is 0. The molecule has 0 amide bonds. The third-order valence-electron chi connectivity index (χ3n) is 3.86. The van der Waals surface area contributed by atoms with Gasteiger partial charge in [-0.25, -0.2) is 14.4 Å². The van der Waals surface area contributed by atoms with Crippen molar-refractivity contribution in [2.24, 2.45) is 0 Å². The minimum atomic E-state index is -1.05. The number of carboxylic acids is 3. The number of thiol groups is 1. The van der Waals surface area contributed by atoms with E-state index in [0.29, 0.717) is 14.7 Å². The molecule has 0 aliphatic heterocycles. The molecule has 0 bridgehead atoms. The first-order valence-corrected chi connectivity index (χ1v) is 18.2. The Hall–Kier alpha value is -1.42. The van der Waals surface area contributed by atoms with Gasteiger partial charge >= 0.3 is 17.9 Å². The highest BCUT2D eigenvalue weighted by atomic mass is 36.0. The zero-order chi connectivity index (χ0) is 27.3. The van der Waals surface area contributed by atoms with E-state index in [1.807, 2.05) is 0 Å². The molecule has 0 saturated carbocycles. The zero-order valence-corrected chi connectivity index (χ0v) is 25.0. The van der Waals surface area contributed by atoms with Gasteiger partial charge in [0, 0.05) is 14.7 Å². The summed E-state index contributed by atoms with van der Waals surface area (Å²) in [6, 6.07) is 19.7. The van der Waals surface area contributed by atoms with Crippen molar-refractivity contribution in [1.29, 1.82) is 0 Å². The van der Waals surface area contributed by atoms with E-state index >= 15 is 0 Å². The van der Waals surface area contributed by atoms with Crippen LogP contribution in [-0.4, -0.2) is 33.2 Å². The molecule has 0 unspecified atom stereocenters. The lowest BCUT2D eigenvalue weighted by Crippen LogP contribution is -2.08. The van der Waals surface area contributed by atoms with Crippen LogP contribution in [0.5, 0.6) is 0 Å². The highest BCUT2D eigenvalue weighted by molar-refractivity contribution is 8.58. The van der Waals surface area contributed by atoms with Gasteiger partial charge in [0.15, 0.2) is 0 Å². The van der Waals surface area contributed by atoms with Crippen LogP contribution in [0.2, 0.25) is 0 Å². The molecule has 0 saturated heterocycles. The minimum absolute atomic E-state index is 0.155. The van der Waals surface area contributed by atoms with Crippen LogP contribution in [0.15, 0.2) is 87.5 Å². The lowest BCUT2D eigenvalue weighted by atomic mass is 10.2. The summed E-state index contributed by atoms with van der Waals surface area (Å²) in [5, 5.41) is 27.2. The first kappa shape index (κ1) is 32.6. The van der Waals surface area contributed by atoms with Crippen molar-refractivity contribution < 1.29 is 29.7 Å². The molecular formula is C21H16Cl2O6S7. The highest BCUT2D eigenvalue weighted by Crippen LogP contribution is 2.24. The topological polar surface area (TPSA) is 112 Å². The van der Waals surface area contributed by atoms with E-state index in [4.69, 9.17) is 37.7 Å². The van der Waals surface area contributed by atoms with Gasteiger partial charge < -0.3 is 15.3 Å². The van der Waals surface area contributed by atoms with Crippen molar-refractivity contribution in [3.63, 3.8) is 0 Å². The number of carbonyl (C=O) groups is 3. The van der Waals surface area contributed by atoms with Crippen LogP contribution < -0.4 is 0 Å². The Balaban J connectivity index is 0.000000382. The normalized spacial score (nSPS) is 9.81. The predicted octanol–water partition coefficient (Wildman–Crippen LogP) is 5.62. The number of hydrogen-bond donors (Lipinski definition) is 4. The first-order valence-electron chi connectivity index (χ1n) is 9.12. The van der Waals surface area contributed by atoms with Crippen molar-refractivity contribution in [1.82, 2.24) is 0 Å². The largest absolute Gasteiger partial charge is 0.478 e. The number of halogens is 2. The lowest BCUT2D eigenvalue weighted by molar-refractivity contribution is 0.0682. The summed E-state index contributed by atoms with van der Waals surface area (Å²) in [4.78, 5) is 34.8. The average molecular weight is 660 g/mol. The van der Waals surface area contributed by atoms with Gasteiger partial charge in [-0.05, 0) is 97.9 Å². The number of benzene rings is 3. The van der Waals surface area contributed by atoms with Crippen molar-refractivity contribution in [3.05, 3.63) is 89.5 Å². The number of aromatic carboxylic acids is 3. The van der Waals surface area contributed by atoms with Gasteiger partial charge in [-0.15, -0.1) is 12.6 Å². The van der Waals surface area contributed by atoms with Gasteiger partial charge in [-0.1, -0.05) is 45.9 Å². The average Bonchev–Trinajstić information content (AvgIpc) is 2.82. The van der Waals surface area contributed by atoms with Gasteiger partial charge in [0.2, 0.25) is 0 Å². The van der Waals surface area contributed by atoms with Crippen LogP contribution in [0.4, 0.5) is 0 Å². The Morgan fingerprint density at radius 2 is 1.06 bits per heavy atom. The van der Waals surface area contributed by atoms with Crippen LogP contribution in [0.1, 0.15) is 31.1 Å². The molecule has 3 N–H and O–H groups in total. The van der Waals surface area contributed by atoms with Crippen molar-refractivity contribution in [2.75, 3.05) is 0 Å². The molecule has 0 spiro atoms. The van der Waals surface area contributed by atoms with E-state index < -0.39 is 35.2 Å². The molecular weight excluding hydrogens is 644 g/mol. The standard InChI is InChI=1S/C14H10O4S4.C7H6O2S.Cl2S2/c15-13(16)9-5-1-3-7-11(9)22(21-20-19)12-8-4-2-6-10(12)14(17)18;8-7(9)5-3-1-2-4-6(5)10;1-4(2)3/h1-8H,(H,15,16)(H,17,18);1-4,10H,(H,8,9);. The van der Waals surface area contributed by atoms with Crippen LogP contribution in [-0.2, 0) is 57.5 Å². The van der Waals surface area contributed by atoms with Gasteiger partial charge in [0.05, 0.1) is 24.6 Å². The lowest BCUT2D eigenvalue weighted by Gasteiger charge is -2.12. The summed E-state index contributed by atoms with van der Waals surface area (Å²) in [5.41, 5.74) is 0.552. The Bertz CT molecular complexity index is 1320. The van der Waals surface area contributed by atoms with Gasteiger partial charge in [0.1, 0.15) is 0 Å². The Labute approximate surface area is 241 Å². The molecule has 0 aromatic heterocycles. The third kappa shape index (κ3) is 10.9. The SMILES string of the molecule is O=C(O)c1ccccc1S.O=C(O)c1ccccc1S(=S=S=S)c1ccccc1C(=O)O.S=S(Cl)Cl. The maximum Gasteiger partial charge on any atom is 0.336 e. The van der Waals surface area contributed by atoms with Crippen LogP contribution in [0.3, 0.4) is 0 Å². The van der Waals surface area contributed by atoms with Crippen LogP contribution in [0.25, 0.3) is 0 Å². The first-order chi connectivity index (χ1) is 17.0. The summed E-state index contributed by atoms with van der Waals surface area (Å²) in [7, 11) is 10.5. The molecule has 0 aliphatic rings. The maximum atomic E-state index is 11.4. The summed E-state index contributed by atoms with van der Waals surface area (Å²) in [5.74, 6) is -3.03. The molecule has 36 heavy (non-hydrogen) atoms. The fourth-order valence-electron chi connectivity index (χ4n) is 2.48. The van der Waals surface area contributed by atoms with E-state index in [1.54, 1.807) is 54.6 Å². The summed E-state index contributed by atoms with van der Waals surface area (Å²) >= 11 is 13.1. The molecule has 0 atom stereocenters. The smallest absolute Gasteiger partial charge is 0.336 e. The number of carboxylic acid groups (broad SMARTS) is 3. The fourth-order valence-corrected chi connectivity index (χ4v) is 9.09. The number of rotatable bonds is 5. The summed E-state index contributed by atoms with van der Waals surface area (Å²) < 4.78 is 0. The third-order valence-corrected chi connectivity index (χ3v) is 10.8. The van der Waals surface area contributed by atoms with Crippen LogP contribution >= 0.6 is 34.0 Å². The van der Waals surface area contributed by atoms with E-state index in [-0.39, 0.29) is 16.7 Å². The Morgan fingerprint density at radius 3 is 1.36 bits per heavy atom. The Kier molecular flexibility index (Phi) is 15.5. The second-order valence-electron chi connectivity index (χ2n) is 6.01. The molecule has 15 heteroatoms. The molecule has 0 aliphatic carbocycles. The monoisotopic (exact) mass is 658 g/mol. The van der Waals surface area contributed by atoms with Crippen molar-refractivity contribution >= 4 is 109 Å². The second-order valence-corrected chi connectivity index (χ2v) is 17.2. The van der Waals surface area contributed by atoms with Crippen molar-refractivity contribution in [2.45, 2.75) is 14.7 Å². The quantitative estimate of drug-likeness (QED) is 0.206. The van der Waals surface area contributed by atoms with Gasteiger partial charge in [0.25, 0.3) is 0 Å². The van der Waals surface area contributed by atoms with Gasteiger partial charge in [-0.2, -0.15) is 0 Å². The minimum Gasteiger partial charge on any atom is -0.478 e. The molecule has 3 aromatic rings. The molecule has 0 fully saturated rings. The second kappa shape index (κ2) is 17.2. The van der Waals surface area contributed by atoms with E-state index in [2.05, 4.69) is 23.8 Å². The van der Waals surface area contributed by atoms with E-state index in [9.17, 15) is 24.6 Å². The molecule has 0 radical (unpaired) electrons. The van der Waals surface area contributed by atoms with Crippen LogP contribution in [0, 0.1) is 0 Å². The maximum absolute atomic E-state index is 11.4. The molecule has 6 nitrogen and oxygen atoms in total. The van der Waals surface area contributed by atoms with Crippen molar-refractivity contribution in [3.8, 4) is 0 Å². The molecule has 3 rings (SSSR count). The molecule has 192 valence electrons. The summed E-state index contributed by atoms with van der Waals surface area (Å²) in [6.45, 7) is 0. The Morgan fingerprint density at radius 1 is 0.722 bits per heavy atom.